The van der Waals surface area contributed by atoms with Crippen molar-refractivity contribution in [1.82, 2.24) is 9.97 Å². The Bertz CT molecular complexity index is 1000. The summed E-state index contributed by atoms with van der Waals surface area (Å²) in [6.07, 6.45) is 1.84. The van der Waals surface area contributed by atoms with Crippen LogP contribution in [-0.4, -0.2) is 35.0 Å². The van der Waals surface area contributed by atoms with Crippen LogP contribution in [0.2, 0.25) is 0 Å². The Hall–Kier alpha value is -3.57. The smallest absolute Gasteiger partial charge is 0.312 e. The van der Waals surface area contributed by atoms with Crippen LogP contribution in [0.15, 0.2) is 60.1 Å². The molecule has 0 aliphatic carbocycles. The number of ether oxygens (including phenoxy) is 1. The summed E-state index contributed by atoms with van der Waals surface area (Å²) in [6.45, 7) is -0.160. The minimum Gasteiger partial charge on any atom is -0.455 e. The molecule has 0 fully saturated rings. The highest BCUT2D eigenvalue weighted by Crippen LogP contribution is 2.21. The molecule has 3 aromatic rings. The van der Waals surface area contributed by atoms with Crippen molar-refractivity contribution in [3.05, 3.63) is 65.8 Å². The van der Waals surface area contributed by atoms with E-state index in [2.05, 4.69) is 9.97 Å². The zero-order valence-electron chi connectivity index (χ0n) is 15.5. The molecular formula is C21H18N4O3S. The Balaban J connectivity index is 1.56. The van der Waals surface area contributed by atoms with Crippen molar-refractivity contribution in [2.75, 3.05) is 18.1 Å². The molecule has 7 nitrogen and oxygen atoms in total. The van der Waals surface area contributed by atoms with Crippen LogP contribution in [0.3, 0.4) is 0 Å². The fourth-order valence-electron chi connectivity index (χ4n) is 2.58. The summed E-state index contributed by atoms with van der Waals surface area (Å²) in [5, 5.41) is 11.3. The van der Waals surface area contributed by atoms with Gasteiger partial charge in [0.2, 0.25) is 0 Å². The van der Waals surface area contributed by atoms with Crippen molar-refractivity contribution in [2.24, 2.45) is 0 Å². The van der Waals surface area contributed by atoms with E-state index in [0.29, 0.717) is 11.4 Å². The predicted molar refractivity (Wildman–Crippen MR) is 109 cm³/mol. The average Bonchev–Trinajstić information content (AvgIpc) is 3.22. The maximum Gasteiger partial charge on any atom is 0.312 e. The Morgan fingerprint density at radius 1 is 1.14 bits per heavy atom. The van der Waals surface area contributed by atoms with Crippen molar-refractivity contribution in [3.8, 4) is 16.8 Å². The third-order valence-corrected chi connectivity index (χ3v) is 4.85. The van der Waals surface area contributed by atoms with E-state index in [9.17, 15) is 9.59 Å². The maximum absolute atomic E-state index is 12.5. The summed E-state index contributed by atoms with van der Waals surface area (Å²) >= 11 is 1.39. The van der Waals surface area contributed by atoms with Crippen LogP contribution >= 0.6 is 11.3 Å². The molecule has 0 aliphatic rings. The molecule has 0 spiro atoms. The Labute approximate surface area is 172 Å². The van der Waals surface area contributed by atoms with Gasteiger partial charge in [0.25, 0.3) is 5.91 Å². The fraction of sp³-hybridized carbons (Fsp3) is 0.190. The van der Waals surface area contributed by atoms with Crippen LogP contribution in [0, 0.1) is 11.3 Å². The standard InChI is InChI=1S/C21H18N4O3S/c22-10-6-12-25(17-7-2-1-3-8-17)19(26)14-28-20(27)13-16-15-29-21(24-16)18-9-4-5-11-23-18/h1-5,7-9,11,15H,6,12-14H2. The molecule has 0 aliphatic heterocycles. The summed E-state index contributed by atoms with van der Waals surface area (Å²) in [6, 6.07) is 16.5. The fourth-order valence-corrected chi connectivity index (χ4v) is 3.38. The number of hydrogen-bond acceptors (Lipinski definition) is 7. The summed E-state index contributed by atoms with van der Waals surface area (Å²) in [4.78, 5) is 34.7. The molecule has 0 atom stereocenters. The van der Waals surface area contributed by atoms with Crippen molar-refractivity contribution >= 4 is 28.9 Å². The topological polar surface area (TPSA) is 96.2 Å². The second-order valence-corrected chi connectivity index (χ2v) is 6.84. The number of thiazole rings is 1. The van der Waals surface area contributed by atoms with Gasteiger partial charge in [-0.2, -0.15) is 5.26 Å². The SMILES string of the molecule is N#CCCN(C(=O)COC(=O)Cc1csc(-c2ccccn2)n1)c1ccccc1. The zero-order valence-corrected chi connectivity index (χ0v) is 16.3. The monoisotopic (exact) mass is 406 g/mol. The number of nitriles is 1. The summed E-state index contributed by atoms with van der Waals surface area (Å²) in [7, 11) is 0. The van der Waals surface area contributed by atoms with Gasteiger partial charge in [-0.25, -0.2) is 4.98 Å². The number of aromatic nitrogens is 2. The van der Waals surface area contributed by atoms with Gasteiger partial charge in [-0.3, -0.25) is 14.6 Å². The first-order valence-corrected chi connectivity index (χ1v) is 9.79. The van der Waals surface area contributed by atoms with Crippen molar-refractivity contribution in [2.45, 2.75) is 12.8 Å². The van der Waals surface area contributed by atoms with Crippen molar-refractivity contribution in [3.63, 3.8) is 0 Å². The van der Waals surface area contributed by atoms with Gasteiger partial charge >= 0.3 is 5.97 Å². The number of para-hydroxylation sites is 1. The van der Waals surface area contributed by atoms with Crippen LogP contribution < -0.4 is 4.90 Å². The molecule has 2 aromatic heterocycles. The molecule has 2 heterocycles. The molecule has 8 heteroatoms. The van der Waals surface area contributed by atoms with Gasteiger partial charge in [0.15, 0.2) is 6.61 Å². The van der Waals surface area contributed by atoms with Crippen molar-refractivity contribution < 1.29 is 14.3 Å². The molecular weight excluding hydrogens is 388 g/mol. The van der Waals surface area contributed by atoms with Gasteiger partial charge in [0.1, 0.15) is 5.01 Å². The molecule has 0 N–H and O–H groups in total. The van der Waals surface area contributed by atoms with E-state index in [0.717, 1.165) is 10.7 Å². The molecule has 0 unspecified atom stereocenters. The first-order chi connectivity index (χ1) is 14.2. The van der Waals surface area contributed by atoms with Crippen LogP contribution in [0.1, 0.15) is 12.1 Å². The lowest BCUT2D eigenvalue weighted by Gasteiger charge is -2.21. The van der Waals surface area contributed by atoms with Crippen LogP contribution in [0.25, 0.3) is 10.7 Å². The Kier molecular flexibility index (Phi) is 7.03. The van der Waals surface area contributed by atoms with Crippen LogP contribution in [0.5, 0.6) is 0 Å². The lowest BCUT2D eigenvalue weighted by Crippen LogP contribution is -2.35. The van der Waals surface area contributed by atoms with Gasteiger partial charge < -0.3 is 9.64 Å². The van der Waals surface area contributed by atoms with E-state index in [1.54, 1.807) is 35.8 Å². The van der Waals surface area contributed by atoms with E-state index in [1.165, 1.54) is 16.2 Å². The summed E-state index contributed by atoms with van der Waals surface area (Å²) < 4.78 is 5.14. The number of rotatable bonds is 8. The van der Waals surface area contributed by atoms with Gasteiger partial charge in [-0.15, -0.1) is 11.3 Å². The highest BCUT2D eigenvalue weighted by Gasteiger charge is 2.18. The maximum atomic E-state index is 12.5. The number of carbonyl (C=O) groups is 2. The lowest BCUT2D eigenvalue weighted by atomic mass is 10.2. The predicted octanol–water partition coefficient (Wildman–Crippen LogP) is 3.24. The van der Waals surface area contributed by atoms with Crippen LogP contribution in [-0.2, 0) is 20.7 Å². The van der Waals surface area contributed by atoms with Gasteiger partial charge in [0.05, 0.1) is 30.3 Å². The number of pyridine rings is 1. The highest BCUT2D eigenvalue weighted by atomic mass is 32.1. The van der Waals surface area contributed by atoms with E-state index in [4.69, 9.17) is 10.00 Å². The zero-order chi connectivity index (χ0) is 20.5. The third-order valence-electron chi connectivity index (χ3n) is 3.93. The molecule has 3 rings (SSSR count). The van der Waals surface area contributed by atoms with Gasteiger partial charge in [0, 0.05) is 23.8 Å². The number of amides is 1. The minimum absolute atomic E-state index is 0.0276. The number of nitrogens with zero attached hydrogens (tertiary/aromatic N) is 4. The number of hydrogen-bond donors (Lipinski definition) is 0. The quantitative estimate of drug-likeness (QED) is 0.533. The number of esters is 1. The molecule has 0 bridgehead atoms. The van der Waals surface area contributed by atoms with E-state index in [-0.39, 0.29) is 25.3 Å². The summed E-state index contributed by atoms with van der Waals surface area (Å²) in [5.74, 6) is -0.920. The number of carbonyl (C=O) groups excluding carboxylic acids is 2. The average molecular weight is 406 g/mol. The second-order valence-electron chi connectivity index (χ2n) is 5.99. The first kappa shape index (κ1) is 20.2. The van der Waals surface area contributed by atoms with Gasteiger partial charge in [-0.1, -0.05) is 24.3 Å². The van der Waals surface area contributed by atoms with Gasteiger partial charge in [-0.05, 0) is 24.3 Å². The third kappa shape index (κ3) is 5.70. The summed E-state index contributed by atoms with van der Waals surface area (Å²) in [5.41, 5.74) is 1.96. The van der Waals surface area contributed by atoms with E-state index < -0.39 is 12.6 Å². The molecule has 146 valence electrons. The van der Waals surface area contributed by atoms with E-state index >= 15 is 0 Å². The normalized spacial score (nSPS) is 10.2. The minimum atomic E-state index is -0.537. The van der Waals surface area contributed by atoms with E-state index in [1.807, 2.05) is 30.3 Å². The lowest BCUT2D eigenvalue weighted by molar-refractivity contribution is -0.147. The molecule has 0 saturated heterocycles. The molecule has 1 amide bonds. The molecule has 1 aromatic carbocycles. The Morgan fingerprint density at radius 3 is 2.66 bits per heavy atom. The number of anilines is 1. The first-order valence-electron chi connectivity index (χ1n) is 8.91. The highest BCUT2D eigenvalue weighted by molar-refractivity contribution is 7.13. The van der Waals surface area contributed by atoms with Crippen molar-refractivity contribution in [1.29, 1.82) is 5.26 Å². The largest absolute Gasteiger partial charge is 0.455 e. The molecule has 0 saturated carbocycles. The van der Waals surface area contributed by atoms with Crippen LogP contribution in [0.4, 0.5) is 5.69 Å². The molecule has 29 heavy (non-hydrogen) atoms. The number of benzene rings is 1. The second kappa shape index (κ2) is 10.1. The molecule has 0 radical (unpaired) electrons. The Morgan fingerprint density at radius 2 is 1.93 bits per heavy atom.